The van der Waals surface area contributed by atoms with E-state index in [1.165, 1.54) is 11.5 Å². The zero-order valence-electron chi connectivity index (χ0n) is 10.9. The van der Waals surface area contributed by atoms with Crippen LogP contribution in [0.15, 0.2) is 18.2 Å². The smallest absolute Gasteiger partial charge is 0.131 e. The van der Waals surface area contributed by atoms with Crippen molar-refractivity contribution in [2.75, 3.05) is 34.8 Å². The van der Waals surface area contributed by atoms with Crippen LogP contribution < -0.4 is 10.2 Å². The highest BCUT2D eigenvalue weighted by atomic mass is 32.2. The molecule has 1 aromatic heterocycles. The fourth-order valence-corrected chi connectivity index (χ4v) is 2.75. The molecule has 0 atom stereocenters. The van der Waals surface area contributed by atoms with Crippen LogP contribution in [0.4, 0.5) is 11.6 Å². The summed E-state index contributed by atoms with van der Waals surface area (Å²) in [5.41, 5.74) is 0.0589. The van der Waals surface area contributed by atoms with Gasteiger partial charge in [-0.3, -0.25) is 0 Å². The molecule has 2 rings (SSSR count). The maximum absolute atomic E-state index is 4.69. The second kappa shape index (κ2) is 5.17. The van der Waals surface area contributed by atoms with E-state index in [1.54, 1.807) is 0 Å². The van der Waals surface area contributed by atoms with Crippen molar-refractivity contribution in [1.82, 2.24) is 4.98 Å². The third-order valence-corrected chi connectivity index (χ3v) is 3.52. The van der Waals surface area contributed by atoms with Crippen molar-refractivity contribution < 1.29 is 0 Å². The first-order valence-corrected chi connectivity index (χ1v) is 7.28. The number of thioether (sulfide) groups is 1. The highest BCUT2D eigenvalue weighted by molar-refractivity contribution is 7.99. The number of pyridine rings is 1. The summed E-state index contributed by atoms with van der Waals surface area (Å²) in [6, 6.07) is 6.22. The third-order valence-electron chi connectivity index (χ3n) is 2.57. The van der Waals surface area contributed by atoms with Gasteiger partial charge in [-0.15, -0.1) is 0 Å². The van der Waals surface area contributed by atoms with Crippen LogP contribution in [0, 0.1) is 0 Å². The predicted molar refractivity (Wildman–Crippen MR) is 77.2 cm³/mol. The minimum Gasteiger partial charge on any atom is -0.365 e. The Bertz CT molecular complexity index is 367. The molecule has 1 N–H and O–H groups in total. The van der Waals surface area contributed by atoms with Crippen molar-refractivity contribution in [2.45, 2.75) is 26.3 Å². The van der Waals surface area contributed by atoms with E-state index < -0.39 is 0 Å². The number of rotatable bonds is 2. The van der Waals surface area contributed by atoms with Gasteiger partial charge in [0.05, 0.1) is 0 Å². The standard InChI is InChI=1S/C13H21N3S/c1-13(2,3)15-11-5-4-6-12(14-11)16-7-9-17-10-8-16/h4-6H,7-10H2,1-3H3,(H,14,15). The first kappa shape index (κ1) is 12.6. The van der Waals surface area contributed by atoms with Gasteiger partial charge in [0.15, 0.2) is 0 Å². The summed E-state index contributed by atoms with van der Waals surface area (Å²) < 4.78 is 0. The molecule has 0 amide bonds. The van der Waals surface area contributed by atoms with Gasteiger partial charge in [0.25, 0.3) is 0 Å². The molecule has 1 fully saturated rings. The van der Waals surface area contributed by atoms with E-state index in [0.29, 0.717) is 0 Å². The number of hydrogen-bond acceptors (Lipinski definition) is 4. The normalized spacial score (nSPS) is 17.0. The Morgan fingerprint density at radius 1 is 1.24 bits per heavy atom. The Balaban J connectivity index is 2.10. The van der Waals surface area contributed by atoms with Crippen molar-refractivity contribution in [2.24, 2.45) is 0 Å². The van der Waals surface area contributed by atoms with Crippen LogP contribution in [0.25, 0.3) is 0 Å². The van der Waals surface area contributed by atoms with Crippen molar-refractivity contribution in [3.63, 3.8) is 0 Å². The summed E-state index contributed by atoms with van der Waals surface area (Å²) in [6.07, 6.45) is 0. The molecule has 17 heavy (non-hydrogen) atoms. The molecule has 0 aromatic carbocycles. The fourth-order valence-electron chi connectivity index (χ4n) is 1.85. The number of nitrogens with zero attached hydrogens (tertiary/aromatic N) is 2. The number of aromatic nitrogens is 1. The molecule has 1 aliphatic rings. The summed E-state index contributed by atoms with van der Waals surface area (Å²) >= 11 is 2.02. The molecule has 2 heterocycles. The first-order valence-electron chi connectivity index (χ1n) is 6.12. The predicted octanol–water partition coefficient (Wildman–Crippen LogP) is 2.85. The lowest BCUT2D eigenvalue weighted by molar-refractivity contribution is 0.630. The molecule has 3 nitrogen and oxygen atoms in total. The SMILES string of the molecule is CC(C)(C)Nc1cccc(N2CCSCC2)n1. The van der Waals surface area contributed by atoms with Gasteiger partial charge >= 0.3 is 0 Å². The summed E-state index contributed by atoms with van der Waals surface area (Å²) in [5.74, 6) is 4.48. The van der Waals surface area contributed by atoms with Gasteiger partial charge in [-0.1, -0.05) is 6.07 Å². The molecule has 4 heteroatoms. The van der Waals surface area contributed by atoms with Crippen LogP contribution in [-0.4, -0.2) is 35.1 Å². The monoisotopic (exact) mass is 251 g/mol. The van der Waals surface area contributed by atoms with Gasteiger partial charge in [-0.2, -0.15) is 11.8 Å². The van der Waals surface area contributed by atoms with Crippen LogP contribution in [0.3, 0.4) is 0 Å². The molecule has 1 aliphatic heterocycles. The van der Waals surface area contributed by atoms with Gasteiger partial charge in [-0.05, 0) is 32.9 Å². The van der Waals surface area contributed by atoms with Gasteiger partial charge in [-0.25, -0.2) is 4.98 Å². The van der Waals surface area contributed by atoms with Crippen LogP contribution in [-0.2, 0) is 0 Å². The Kier molecular flexibility index (Phi) is 3.82. The van der Waals surface area contributed by atoms with Crippen molar-refractivity contribution in [3.8, 4) is 0 Å². The largest absolute Gasteiger partial charge is 0.365 e. The Morgan fingerprint density at radius 3 is 2.59 bits per heavy atom. The van der Waals surface area contributed by atoms with Crippen molar-refractivity contribution in [1.29, 1.82) is 0 Å². The molecular formula is C13H21N3S. The molecular weight excluding hydrogens is 230 g/mol. The average molecular weight is 251 g/mol. The summed E-state index contributed by atoms with van der Waals surface area (Å²) in [7, 11) is 0. The first-order chi connectivity index (χ1) is 8.04. The molecule has 1 saturated heterocycles. The number of hydrogen-bond donors (Lipinski definition) is 1. The van der Waals surface area contributed by atoms with Gasteiger partial charge in [0.2, 0.25) is 0 Å². The lowest BCUT2D eigenvalue weighted by atomic mass is 10.1. The van der Waals surface area contributed by atoms with Crippen LogP contribution >= 0.6 is 11.8 Å². The Morgan fingerprint density at radius 2 is 1.94 bits per heavy atom. The highest BCUT2D eigenvalue weighted by Crippen LogP contribution is 2.20. The van der Waals surface area contributed by atoms with E-state index in [0.717, 1.165) is 24.7 Å². The third kappa shape index (κ3) is 3.80. The molecule has 1 aromatic rings. The molecule has 0 radical (unpaired) electrons. The van der Waals surface area contributed by atoms with Crippen molar-refractivity contribution in [3.05, 3.63) is 18.2 Å². The van der Waals surface area contributed by atoms with Gasteiger partial charge in [0.1, 0.15) is 11.6 Å². The van der Waals surface area contributed by atoms with E-state index in [1.807, 2.05) is 17.8 Å². The molecule has 0 unspecified atom stereocenters. The maximum atomic E-state index is 4.69. The topological polar surface area (TPSA) is 28.2 Å². The highest BCUT2D eigenvalue weighted by Gasteiger charge is 2.14. The van der Waals surface area contributed by atoms with Gasteiger partial charge < -0.3 is 10.2 Å². The summed E-state index contributed by atoms with van der Waals surface area (Å²) in [6.45, 7) is 8.67. The van der Waals surface area contributed by atoms with Crippen LogP contribution in [0.1, 0.15) is 20.8 Å². The molecule has 0 aliphatic carbocycles. The van der Waals surface area contributed by atoms with E-state index >= 15 is 0 Å². The lowest BCUT2D eigenvalue weighted by Crippen LogP contribution is -2.33. The van der Waals surface area contributed by atoms with E-state index in [9.17, 15) is 0 Å². The zero-order valence-corrected chi connectivity index (χ0v) is 11.7. The van der Waals surface area contributed by atoms with E-state index in [2.05, 4.69) is 48.1 Å². The zero-order chi connectivity index (χ0) is 12.3. The fraction of sp³-hybridized carbons (Fsp3) is 0.615. The average Bonchev–Trinajstić information content (AvgIpc) is 2.28. The molecule has 0 saturated carbocycles. The second-order valence-electron chi connectivity index (χ2n) is 5.36. The Hall–Kier alpha value is -0.900. The minimum absolute atomic E-state index is 0.0589. The minimum atomic E-state index is 0.0589. The quantitative estimate of drug-likeness (QED) is 0.875. The van der Waals surface area contributed by atoms with E-state index in [-0.39, 0.29) is 5.54 Å². The van der Waals surface area contributed by atoms with Gasteiger partial charge in [0, 0.05) is 30.1 Å². The number of nitrogens with one attached hydrogen (secondary N) is 1. The molecule has 94 valence electrons. The number of anilines is 2. The van der Waals surface area contributed by atoms with Crippen molar-refractivity contribution >= 4 is 23.4 Å². The summed E-state index contributed by atoms with van der Waals surface area (Å²) in [5, 5.41) is 3.42. The molecule has 0 bridgehead atoms. The second-order valence-corrected chi connectivity index (χ2v) is 6.58. The molecule has 0 spiro atoms. The lowest BCUT2D eigenvalue weighted by Gasteiger charge is -2.28. The maximum Gasteiger partial charge on any atom is 0.131 e. The van der Waals surface area contributed by atoms with Crippen LogP contribution in [0.2, 0.25) is 0 Å². The summed E-state index contributed by atoms with van der Waals surface area (Å²) in [4.78, 5) is 7.05. The Labute approximate surface area is 108 Å². The van der Waals surface area contributed by atoms with Crippen LogP contribution in [0.5, 0.6) is 0 Å². The van der Waals surface area contributed by atoms with E-state index in [4.69, 9.17) is 0 Å².